The number of sulfonamides is 1. The van der Waals surface area contributed by atoms with Crippen LogP contribution in [0.15, 0.2) is 53.4 Å². The Kier molecular flexibility index (Phi) is 4.15. The number of benzene rings is 2. The van der Waals surface area contributed by atoms with Crippen LogP contribution >= 0.6 is 0 Å². The van der Waals surface area contributed by atoms with Crippen LogP contribution in [0.2, 0.25) is 0 Å². The summed E-state index contributed by atoms with van der Waals surface area (Å²) in [5.41, 5.74) is 3.23. The van der Waals surface area contributed by atoms with Crippen molar-refractivity contribution >= 4 is 21.5 Å². The summed E-state index contributed by atoms with van der Waals surface area (Å²) in [4.78, 5) is 10.6. The minimum atomic E-state index is -3.77. The predicted molar refractivity (Wildman–Crippen MR) is 100.0 cm³/mol. The third kappa shape index (κ3) is 3.41. The quantitative estimate of drug-likeness (QED) is 0.517. The molecular weight excluding hydrogens is 368 g/mol. The van der Waals surface area contributed by atoms with Crippen LogP contribution < -0.4 is 4.72 Å². The van der Waals surface area contributed by atoms with Gasteiger partial charge >= 0.3 is 0 Å². The fourth-order valence-electron chi connectivity index (χ4n) is 3.22. The molecule has 0 spiro atoms. The van der Waals surface area contributed by atoms with E-state index in [1.54, 1.807) is 24.3 Å². The van der Waals surface area contributed by atoms with Crippen molar-refractivity contribution in [2.75, 3.05) is 4.72 Å². The van der Waals surface area contributed by atoms with Crippen molar-refractivity contribution in [2.45, 2.75) is 24.2 Å². The molecule has 0 fully saturated rings. The lowest BCUT2D eigenvalue weighted by molar-refractivity contribution is -0.384. The summed E-state index contributed by atoms with van der Waals surface area (Å²) in [5.74, 6) is 0.122. The van der Waals surface area contributed by atoms with Gasteiger partial charge in [-0.1, -0.05) is 18.2 Å². The van der Waals surface area contributed by atoms with Gasteiger partial charge in [0.15, 0.2) is 5.82 Å². The maximum absolute atomic E-state index is 12.6. The van der Waals surface area contributed by atoms with E-state index in [1.165, 1.54) is 23.8 Å². The molecule has 138 valence electrons. The number of fused-ring (bicyclic) bond motifs is 1. The lowest BCUT2D eigenvalue weighted by Gasteiger charge is -2.07. The van der Waals surface area contributed by atoms with Gasteiger partial charge in [-0.15, -0.1) is 0 Å². The van der Waals surface area contributed by atoms with E-state index in [1.807, 2.05) is 6.07 Å². The van der Waals surface area contributed by atoms with E-state index in [-0.39, 0.29) is 16.4 Å². The first-order valence-corrected chi connectivity index (χ1v) is 9.85. The summed E-state index contributed by atoms with van der Waals surface area (Å²) in [5, 5.41) is 17.6. The molecule has 1 heterocycles. The number of nitrogens with one attached hydrogen (secondary N) is 2. The van der Waals surface area contributed by atoms with Gasteiger partial charge in [0.25, 0.3) is 15.7 Å². The van der Waals surface area contributed by atoms with E-state index in [4.69, 9.17) is 0 Å². The molecule has 0 aliphatic heterocycles. The van der Waals surface area contributed by atoms with Crippen LogP contribution in [-0.2, 0) is 22.9 Å². The summed E-state index contributed by atoms with van der Waals surface area (Å²) in [6, 6.07) is 12.7. The number of rotatable bonds is 5. The summed E-state index contributed by atoms with van der Waals surface area (Å²) in [6.45, 7) is 0. The van der Waals surface area contributed by atoms with Gasteiger partial charge in [0.05, 0.1) is 15.5 Å². The number of H-pyrrole nitrogens is 1. The number of anilines is 1. The number of aryl methyl sites for hydroxylation is 2. The zero-order chi connectivity index (χ0) is 19.0. The fourth-order valence-corrected chi connectivity index (χ4v) is 4.26. The maximum atomic E-state index is 12.6. The maximum Gasteiger partial charge on any atom is 0.270 e. The highest BCUT2D eigenvalue weighted by molar-refractivity contribution is 7.92. The first-order valence-electron chi connectivity index (χ1n) is 8.37. The second-order valence-electron chi connectivity index (χ2n) is 6.36. The minimum absolute atomic E-state index is 0.0534. The second-order valence-corrected chi connectivity index (χ2v) is 8.05. The molecule has 27 heavy (non-hydrogen) atoms. The molecule has 8 nitrogen and oxygen atoms in total. The molecule has 0 bridgehead atoms. The van der Waals surface area contributed by atoms with Gasteiger partial charge < -0.3 is 0 Å². The lowest BCUT2D eigenvalue weighted by Crippen LogP contribution is -2.13. The summed E-state index contributed by atoms with van der Waals surface area (Å²) < 4.78 is 27.7. The Morgan fingerprint density at radius 3 is 2.70 bits per heavy atom. The Bertz CT molecular complexity index is 1140. The van der Waals surface area contributed by atoms with Gasteiger partial charge in [-0.3, -0.25) is 19.9 Å². The first-order chi connectivity index (χ1) is 12.9. The van der Waals surface area contributed by atoms with Gasteiger partial charge in [0, 0.05) is 23.8 Å². The molecule has 1 aromatic heterocycles. The predicted octanol–water partition coefficient (Wildman–Crippen LogP) is 3.27. The molecule has 0 radical (unpaired) electrons. The minimum Gasteiger partial charge on any atom is -0.276 e. The van der Waals surface area contributed by atoms with Gasteiger partial charge in [-0.05, 0) is 42.5 Å². The summed E-state index contributed by atoms with van der Waals surface area (Å²) in [7, 11) is -3.77. The molecule has 0 amide bonds. The van der Waals surface area contributed by atoms with E-state index >= 15 is 0 Å². The molecule has 1 aliphatic rings. The highest BCUT2D eigenvalue weighted by Gasteiger charge is 2.20. The van der Waals surface area contributed by atoms with Crippen molar-refractivity contribution in [3.63, 3.8) is 0 Å². The zero-order valence-corrected chi connectivity index (χ0v) is 15.0. The van der Waals surface area contributed by atoms with E-state index in [0.29, 0.717) is 11.3 Å². The molecule has 0 saturated carbocycles. The van der Waals surface area contributed by atoms with Crippen LogP contribution in [0.25, 0.3) is 11.3 Å². The average molecular weight is 384 g/mol. The number of nitrogens with zero attached hydrogens (tertiary/aromatic N) is 2. The van der Waals surface area contributed by atoms with Gasteiger partial charge in [0.1, 0.15) is 0 Å². The zero-order valence-electron chi connectivity index (χ0n) is 14.2. The van der Waals surface area contributed by atoms with Crippen molar-refractivity contribution in [3.05, 3.63) is 69.8 Å². The second kappa shape index (κ2) is 6.51. The number of hydrogen-bond donors (Lipinski definition) is 2. The smallest absolute Gasteiger partial charge is 0.270 e. The Morgan fingerprint density at radius 2 is 1.89 bits per heavy atom. The van der Waals surface area contributed by atoms with Crippen molar-refractivity contribution in [2.24, 2.45) is 0 Å². The molecule has 0 unspecified atom stereocenters. The van der Waals surface area contributed by atoms with Crippen LogP contribution in [0, 0.1) is 10.1 Å². The normalized spacial score (nSPS) is 13.3. The number of hydrogen-bond acceptors (Lipinski definition) is 5. The van der Waals surface area contributed by atoms with E-state index < -0.39 is 14.9 Å². The first kappa shape index (κ1) is 17.2. The Labute approximate surface area is 155 Å². The van der Waals surface area contributed by atoms with Crippen molar-refractivity contribution < 1.29 is 13.3 Å². The molecular formula is C18H16N4O4S. The molecule has 4 rings (SSSR count). The third-order valence-electron chi connectivity index (χ3n) is 4.57. The Balaban J connectivity index is 1.59. The SMILES string of the molecule is O=[N+]([O-])c1cccc(-c2cc(NS(=O)(=O)c3ccc4c(c3)CCC4)n[nH]2)c1. The molecule has 2 aromatic carbocycles. The van der Waals surface area contributed by atoms with Crippen LogP contribution in [0.1, 0.15) is 17.5 Å². The van der Waals surface area contributed by atoms with Crippen LogP contribution in [-0.4, -0.2) is 23.5 Å². The monoisotopic (exact) mass is 384 g/mol. The molecule has 0 saturated heterocycles. The fraction of sp³-hybridized carbons (Fsp3) is 0.167. The lowest BCUT2D eigenvalue weighted by atomic mass is 10.1. The highest BCUT2D eigenvalue weighted by Crippen LogP contribution is 2.27. The summed E-state index contributed by atoms with van der Waals surface area (Å²) in [6.07, 6.45) is 2.91. The van der Waals surface area contributed by atoms with Crippen LogP contribution in [0.3, 0.4) is 0 Å². The standard InChI is InChI=1S/C18H16N4O4S/c23-22(24)15-6-2-5-14(9-15)17-11-18(20-19-17)21-27(25,26)16-8-7-12-3-1-4-13(12)10-16/h2,5-11H,1,3-4H2,(H2,19,20,21). The number of nitro groups is 1. The van der Waals surface area contributed by atoms with E-state index in [0.717, 1.165) is 24.8 Å². The van der Waals surface area contributed by atoms with Crippen molar-refractivity contribution in [1.82, 2.24) is 10.2 Å². The van der Waals surface area contributed by atoms with Gasteiger partial charge in [-0.25, -0.2) is 8.42 Å². The van der Waals surface area contributed by atoms with Crippen LogP contribution in [0.4, 0.5) is 11.5 Å². The van der Waals surface area contributed by atoms with Crippen molar-refractivity contribution in [1.29, 1.82) is 0 Å². The number of aromatic amines is 1. The highest BCUT2D eigenvalue weighted by atomic mass is 32.2. The number of aromatic nitrogens is 2. The molecule has 9 heteroatoms. The van der Waals surface area contributed by atoms with E-state index in [2.05, 4.69) is 14.9 Å². The molecule has 2 N–H and O–H groups in total. The third-order valence-corrected chi connectivity index (χ3v) is 5.92. The topological polar surface area (TPSA) is 118 Å². The van der Waals surface area contributed by atoms with Gasteiger partial charge in [0.2, 0.25) is 0 Å². The van der Waals surface area contributed by atoms with Crippen LogP contribution in [0.5, 0.6) is 0 Å². The molecule has 0 atom stereocenters. The summed E-state index contributed by atoms with van der Waals surface area (Å²) >= 11 is 0. The molecule has 3 aromatic rings. The average Bonchev–Trinajstić information content (AvgIpc) is 3.30. The van der Waals surface area contributed by atoms with E-state index in [9.17, 15) is 18.5 Å². The number of non-ortho nitro benzene ring substituents is 1. The largest absolute Gasteiger partial charge is 0.276 e. The number of nitro benzene ring substituents is 1. The Hall–Kier alpha value is -3.20. The van der Waals surface area contributed by atoms with Crippen molar-refractivity contribution in [3.8, 4) is 11.3 Å². The van der Waals surface area contributed by atoms with Gasteiger partial charge in [-0.2, -0.15) is 5.10 Å². The molecule has 1 aliphatic carbocycles. The Morgan fingerprint density at radius 1 is 1.07 bits per heavy atom.